The molecular weight excluding hydrogens is 458 g/mol. The first-order chi connectivity index (χ1) is 17.5. The van der Waals surface area contributed by atoms with Crippen LogP contribution in [-0.2, 0) is 9.59 Å². The highest BCUT2D eigenvalue weighted by molar-refractivity contribution is 6.23. The van der Waals surface area contributed by atoms with Crippen molar-refractivity contribution in [3.63, 3.8) is 0 Å². The summed E-state index contributed by atoms with van der Waals surface area (Å²) in [5, 5.41) is 0. The second kappa shape index (κ2) is 8.61. The van der Waals surface area contributed by atoms with Crippen LogP contribution in [0.1, 0.15) is 27.1 Å². The smallest absolute Gasteiger partial charge is 0.347 e. The second-order valence-corrected chi connectivity index (χ2v) is 9.15. The predicted molar refractivity (Wildman–Crippen MR) is 129 cm³/mol. The molecule has 1 saturated carbocycles. The zero-order chi connectivity index (χ0) is 24.8. The van der Waals surface area contributed by atoms with Crippen LogP contribution in [0.4, 0.5) is 5.69 Å². The molecule has 0 radical (unpaired) electrons. The van der Waals surface area contributed by atoms with Crippen LogP contribution in [0.5, 0.6) is 11.5 Å². The molecule has 7 heteroatoms. The van der Waals surface area contributed by atoms with Crippen molar-refractivity contribution < 1.29 is 28.7 Å². The first-order valence-electron chi connectivity index (χ1n) is 11.8. The molecule has 1 heterocycles. The normalized spacial score (nSPS) is 23.6. The summed E-state index contributed by atoms with van der Waals surface area (Å²) in [5.74, 6) is -1.88. The molecular formula is C29H21NO6. The number of hydrogen-bond donors (Lipinski definition) is 0. The van der Waals surface area contributed by atoms with Crippen molar-refractivity contribution >= 4 is 29.4 Å². The highest BCUT2D eigenvalue weighted by Gasteiger charge is 2.59. The SMILES string of the molecule is O=C(Oc1ccccc1C(=O)Oc1ccccc1)c1cccc(N2C(=O)[C@@H]3[C@H](C2=O)[C@H]2C=C[C@@H]3C2)c1. The average Bonchev–Trinajstić information content (AvgIpc) is 3.58. The Balaban J connectivity index is 1.22. The maximum absolute atomic E-state index is 13.1. The summed E-state index contributed by atoms with van der Waals surface area (Å²) in [6, 6.07) is 21.1. The summed E-state index contributed by atoms with van der Waals surface area (Å²) in [5.41, 5.74) is 0.578. The third-order valence-corrected chi connectivity index (χ3v) is 7.07. The summed E-state index contributed by atoms with van der Waals surface area (Å²) < 4.78 is 10.9. The molecule has 2 fully saturated rings. The number of carbonyl (C=O) groups excluding carboxylic acids is 4. The van der Waals surface area contributed by atoms with Crippen LogP contribution in [0.25, 0.3) is 0 Å². The Hall–Kier alpha value is -4.52. The lowest BCUT2D eigenvalue weighted by atomic mass is 9.85. The summed E-state index contributed by atoms with van der Waals surface area (Å²) in [6.45, 7) is 0. The van der Waals surface area contributed by atoms with Gasteiger partial charge in [0, 0.05) is 0 Å². The Kier molecular flexibility index (Phi) is 5.25. The average molecular weight is 479 g/mol. The zero-order valence-electron chi connectivity index (χ0n) is 19.1. The van der Waals surface area contributed by atoms with Crippen LogP contribution in [0.3, 0.4) is 0 Å². The minimum Gasteiger partial charge on any atom is -0.423 e. The van der Waals surface area contributed by atoms with E-state index in [1.807, 2.05) is 12.2 Å². The molecule has 2 amide bonds. The summed E-state index contributed by atoms with van der Waals surface area (Å²) >= 11 is 0. The van der Waals surface area contributed by atoms with E-state index in [0.717, 1.165) is 6.42 Å². The van der Waals surface area contributed by atoms with Crippen molar-refractivity contribution in [3.05, 3.63) is 102 Å². The van der Waals surface area contributed by atoms with Gasteiger partial charge in [-0.3, -0.25) is 9.59 Å². The van der Waals surface area contributed by atoms with Crippen LogP contribution in [0.15, 0.2) is 91.0 Å². The number of allylic oxidation sites excluding steroid dienone is 2. The topological polar surface area (TPSA) is 90.0 Å². The van der Waals surface area contributed by atoms with Crippen molar-refractivity contribution in [2.45, 2.75) is 6.42 Å². The number of rotatable bonds is 5. The van der Waals surface area contributed by atoms with E-state index in [9.17, 15) is 19.2 Å². The van der Waals surface area contributed by atoms with Crippen molar-refractivity contribution in [3.8, 4) is 11.5 Å². The molecule has 3 aliphatic rings. The van der Waals surface area contributed by atoms with E-state index in [0.29, 0.717) is 11.4 Å². The number of ether oxygens (including phenoxy) is 2. The first kappa shape index (κ1) is 22.0. The fraction of sp³-hybridized carbons (Fsp3) is 0.172. The Labute approximate surface area is 206 Å². The van der Waals surface area contributed by atoms with E-state index in [-0.39, 0.29) is 52.4 Å². The maximum Gasteiger partial charge on any atom is 0.347 e. The van der Waals surface area contributed by atoms with Crippen molar-refractivity contribution in [2.24, 2.45) is 23.7 Å². The molecule has 0 N–H and O–H groups in total. The third kappa shape index (κ3) is 3.60. The number of para-hydroxylation sites is 2. The number of benzene rings is 3. The quantitative estimate of drug-likeness (QED) is 0.233. The number of esters is 2. The minimum absolute atomic E-state index is 0.0411. The highest BCUT2D eigenvalue weighted by Crippen LogP contribution is 2.53. The van der Waals surface area contributed by atoms with E-state index in [2.05, 4.69) is 0 Å². The molecule has 1 aliphatic heterocycles. The molecule has 2 bridgehead atoms. The lowest BCUT2D eigenvalue weighted by molar-refractivity contribution is -0.123. The molecule has 7 nitrogen and oxygen atoms in total. The van der Waals surface area contributed by atoms with Gasteiger partial charge in [0.25, 0.3) is 0 Å². The zero-order valence-corrected chi connectivity index (χ0v) is 19.1. The van der Waals surface area contributed by atoms with Crippen LogP contribution in [0, 0.1) is 23.7 Å². The number of amides is 2. The van der Waals surface area contributed by atoms with E-state index in [4.69, 9.17) is 9.47 Å². The molecule has 3 aromatic carbocycles. The van der Waals surface area contributed by atoms with Gasteiger partial charge >= 0.3 is 11.9 Å². The predicted octanol–water partition coefficient (Wildman–Crippen LogP) is 4.44. The van der Waals surface area contributed by atoms with Crippen molar-refractivity contribution in [1.29, 1.82) is 0 Å². The fourth-order valence-electron chi connectivity index (χ4n) is 5.46. The fourth-order valence-corrected chi connectivity index (χ4v) is 5.46. The third-order valence-electron chi connectivity index (χ3n) is 7.07. The molecule has 0 aromatic heterocycles. The number of nitrogens with zero attached hydrogens (tertiary/aromatic N) is 1. The Bertz CT molecular complexity index is 1400. The second-order valence-electron chi connectivity index (χ2n) is 9.15. The number of carbonyl (C=O) groups is 4. The molecule has 0 unspecified atom stereocenters. The van der Waals surface area contributed by atoms with Gasteiger partial charge < -0.3 is 9.47 Å². The lowest BCUT2D eigenvalue weighted by Crippen LogP contribution is -2.33. The molecule has 4 atom stereocenters. The van der Waals surface area contributed by atoms with Gasteiger partial charge in [0.05, 0.1) is 23.1 Å². The van der Waals surface area contributed by atoms with Crippen LogP contribution in [0.2, 0.25) is 0 Å². The van der Waals surface area contributed by atoms with Gasteiger partial charge in [0.2, 0.25) is 11.8 Å². The minimum atomic E-state index is -0.724. The largest absolute Gasteiger partial charge is 0.423 e. The molecule has 1 saturated heterocycles. The van der Waals surface area contributed by atoms with E-state index in [1.165, 1.54) is 29.2 Å². The van der Waals surface area contributed by atoms with E-state index in [1.54, 1.807) is 54.6 Å². The van der Waals surface area contributed by atoms with E-state index < -0.39 is 11.9 Å². The number of imide groups is 1. The first-order valence-corrected chi connectivity index (χ1v) is 11.8. The number of hydrogen-bond acceptors (Lipinski definition) is 6. The summed E-state index contributed by atoms with van der Waals surface area (Å²) in [7, 11) is 0. The monoisotopic (exact) mass is 479 g/mol. The standard InChI is InChI=1S/C29H21NO6/c31-26-24-17-13-14-18(15-17)25(24)27(32)30(26)20-8-6-7-19(16-20)28(33)36-23-12-5-4-11-22(23)29(34)35-21-9-2-1-3-10-21/h1-14,16-18,24-25H,15H2/t17-,18+,24+,25-. The van der Waals surface area contributed by atoms with Crippen LogP contribution >= 0.6 is 0 Å². The summed E-state index contributed by atoms with van der Waals surface area (Å²) in [6.07, 6.45) is 4.92. The van der Waals surface area contributed by atoms with Gasteiger partial charge in [-0.15, -0.1) is 0 Å². The maximum atomic E-state index is 13.1. The molecule has 0 spiro atoms. The van der Waals surface area contributed by atoms with Crippen molar-refractivity contribution in [1.82, 2.24) is 0 Å². The molecule has 36 heavy (non-hydrogen) atoms. The number of anilines is 1. The Morgan fingerprint density at radius 2 is 1.39 bits per heavy atom. The molecule has 6 rings (SSSR count). The van der Waals surface area contributed by atoms with Gasteiger partial charge in [-0.1, -0.05) is 48.6 Å². The van der Waals surface area contributed by atoms with Gasteiger partial charge in [0.15, 0.2) is 0 Å². The summed E-state index contributed by atoms with van der Waals surface area (Å²) in [4.78, 5) is 53.2. The Morgan fingerprint density at radius 3 is 2.11 bits per heavy atom. The van der Waals surface area contributed by atoms with Gasteiger partial charge in [-0.05, 0) is 60.7 Å². The molecule has 178 valence electrons. The van der Waals surface area contributed by atoms with Gasteiger partial charge in [0.1, 0.15) is 17.1 Å². The van der Waals surface area contributed by atoms with Crippen LogP contribution in [-0.4, -0.2) is 23.8 Å². The lowest BCUT2D eigenvalue weighted by Gasteiger charge is -2.18. The van der Waals surface area contributed by atoms with Gasteiger partial charge in [-0.2, -0.15) is 0 Å². The highest BCUT2D eigenvalue weighted by atomic mass is 16.5. The molecule has 3 aromatic rings. The van der Waals surface area contributed by atoms with Gasteiger partial charge in [-0.25, -0.2) is 14.5 Å². The molecule has 2 aliphatic carbocycles. The number of fused-ring (bicyclic) bond motifs is 5. The van der Waals surface area contributed by atoms with Crippen molar-refractivity contribution in [2.75, 3.05) is 4.90 Å². The Morgan fingerprint density at radius 1 is 0.722 bits per heavy atom. The van der Waals surface area contributed by atoms with Crippen LogP contribution < -0.4 is 14.4 Å². The van der Waals surface area contributed by atoms with E-state index >= 15 is 0 Å².